The molecule has 0 N–H and O–H groups in total. The zero-order valence-electron chi connectivity index (χ0n) is 17.6. The summed E-state index contributed by atoms with van der Waals surface area (Å²) < 4.78 is 9.13. The first-order valence-electron chi connectivity index (χ1n) is 10.6. The van der Waals surface area contributed by atoms with Gasteiger partial charge in [0.1, 0.15) is 17.1 Å². The van der Waals surface area contributed by atoms with Crippen molar-refractivity contribution in [2.75, 3.05) is 22.9 Å². The summed E-state index contributed by atoms with van der Waals surface area (Å²) in [5.74, 6) is 0. The maximum Gasteiger partial charge on any atom is 0.299 e. The Balaban J connectivity index is 1.42. The van der Waals surface area contributed by atoms with Crippen LogP contribution < -0.4 is 15.4 Å². The molecule has 0 unspecified atom stereocenters. The lowest BCUT2D eigenvalue weighted by molar-refractivity contribution is 0.474. The third-order valence-electron chi connectivity index (χ3n) is 6.68. The Labute approximate surface area is 193 Å². The van der Waals surface area contributed by atoms with E-state index < -0.39 is 0 Å². The Bertz CT molecular complexity index is 1480. The number of anilines is 2. The summed E-state index contributed by atoms with van der Waals surface area (Å²) in [5, 5.41) is 9.85. The number of hydrogen-bond acceptors (Lipinski definition) is 7. The van der Waals surface area contributed by atoms with Crippen LogP contribution in [0.3, 0.4) is 0 Å². The molecule has 9 heteroatoms. The van der Waals surface area contributed by atoms with Crippen LogP contribution in [0.4, 0.5) is 11.7 Å². The molecule has 0 amide bonds. The number of hydrogen-bond donors (Lipinski definition) is 0. The van der Waals surface area contributed by atoms with Crippen molar-refractivity contribution >= 4 is 56.0 Å². The normalized spacial score (nSPS) is 20.4. The van der Waals surface area contributed by atoms with Crippen LogP contribution in [0.15, 0.2) is 33.5 Å². The minimum atomic E-state index is -0.284. The molecule has 2 bridgehead atoms. The van der Waals surface area contributed by atoms with Gasteiger partial charge in [0.25, 0.3) is 11.6 Å². The van der Waals surface area contributed by atoms with Crippen LogP contribution in [-0.2, 0) is 7.05 Å². The van der Waals surface area contributed by atoms with Crippen LogP contribution in [0, 0.1) is 18.3 Å². The average molecular weight is 466 g/mol. The van der Waals surface area contributed by atoms with Crippen molar-refractivity contribution in [2.45, 2.75) is 31.8 Å². The molecule has 2 atom stereocenters. The highest BCUT2D eigenvalue weighted by Gasteiger charge is 2.43. The number of fused-ring (bicyclic) bond motifs is 4. The zero-order chi connectivity index (χ0) is 22.1. The summed E-state index contributed by atoms with van der Waals surface area (Å²) in [6.45, 7) is 3.44. The Hall–Kier alpha value is -3.02. The number of halogens is 1. The Morgan fingerprint density at radius 3 is 2.72 bits per heavy atom. The first-order valence-corrected chi connectivity index (χ1v) is 11.8. The Kier molecular flexibility index (Phi) is 4.29. The molecule has 4 aromatic rings. The number of rotatable bonds is 2. The summed E-state index contributed by atoms with van der Waals surface area (Å²) in [6.07, 6.45) is 2.03. The fraction of sp³-hybridized carbons (Fsp3) is 0.348. The molecule has 6 rings (SSSR count). The van der Waals surface area contributed by atoms with Gasteiger partial charge in [0, 0.05) is 20.1 Å². The third-order valence-corrected chi connectivity index (χ3v) is 7.94. The van der Waals surface area contributed by atoms with E-state index in [4.69, 9.17) is 21.0 Å². The van der Waals surface area contributed by atoms with Crippen LogP contribution in [0.5, 0.6) is 0 Å². The summed E-state index contributed by atoms with van der Waals surface area (Å²) in [4.78, 5) is 22.2. The topological polar surface area (TPSA) is 78.3 Å². The highest BCUT2D eigenvalue weighted by Crippen LogP contribution is 2.42. The van der Waals surface area contributed by atoms with Gasteiger partial charge in [-0.1, -0.05) is 17.7 Å². The molecule has 7 nitrogen and oxygen atoms in total. The quantitative estimate of drug-likeness (QED) is 0.435. The Morgan fingerprint density at radius 2 is 2.00 bits per heavy atom. The van der Waals surface area contributed by atoms with Gasteiger partial charge >= 0.3 is 0 Å². The second-order valence-electron chi connectivity index (χ2n) is 8.63. The predicted octanol–water partition coefficient (Wildman–Crippen LogP) is 4.43. The van der Waals surface area contributed by atoms with Crippen LogP contribution >= 0.6 is 22.9 Å². The molecule has 3 aromatic heterocycles. The smallest absolute Gasteiger partial charge is 0.299 e. The summed E-state index contributed by atoms with van der Waals surface area (Å²) in [7, 11) is 1.69. The predicted molar refractivity (Wildman–Crippen MR) is 127 cm³/mol. The molecule has 162 valence electrons. The van der Waals surface area contributed by atoms with Crippen molar-refractivity contribution in [2.24, 2.45) is 7.05 Å². The lowest BCUT2D eigenvalue weighted by Gasteiger charge is -2.41. The Morgan fingerprint density at radius 1 is 1.25 bits per heavy atom. The molecule has 2 aliphatic rings. The fourth-order valence-corrected chi connectivity index (χ4v) is 6.53. The monoisotopic (exact) mass is 465 g/mol. The number of benzene rings is 1. The zero-order valence-corrected chi connectivity index (χ0v) is 19.2. The second kappa shape index (κ2) is 6.99. The van der Waals surface area contributed by atoms with Gasteiger partial charge in [0.15, 0.2) is 5.58 Å². The number of nitrogens with zero attached hydrogens (tertiary/aromatic N) is 5. The van der Waals surface area contributed by atoms with Crippen LogP contribution in [0.1, 0.15) is 24.0 Å². The van der Waals surface area contributed by atoms with E-state index in [9.17, 15) is 10.1 Å². The van der Waals surface area contributed by atoms with E-state index in [2.05, 4.69) is 15.9 Å². The first-order chi connectivity index (χ1) is 15.4. The maximum absolute atomic E-state index is 12.9. The summed E-state index contributed by atoms with van der Waals surface area (Å²) in [5.41, 5.74) is 4.20. The number of piperazine rings is 1. The van der Waals surface area contributed by atoms with Gasteiger partial charge in [0.2, 0.25) is 0 Å². The van der Waals surface area contributed by atoms with E-state index in [0.29, 0.717) is 29.1 Å². The number of aromatic nitrogens is 2. The van der Waals surface area contributed by atoms with E-state index in [-0.39, 0.29) is 23.2 Å². The first kappa shape index (κ1) is 19.6. The van der Waals surface area contributed by atoms with Gasteiger partial charge in [0.05, 0.1) is 32.3 Å². The van der Waals surface area contributed by atoms with Gasteiger partial charge in [-0.05, 0) is 43.5 Å². The van der Waals surface area contributed by atoms with Crippen molar-refractivity contribution in [1.29, 1.82) is 5.26 Å². The number of oxazole rings is 1. The van der Waals surface area contributed by atoms with Crippen molar-refractivity contribution in [3.8, 4) is 6.07 Å². The van der Waals surface area contributed by atoms with Gasteiger partial charge in [-0.25, -0.2) is 0 Å². The molecule has 32 heavy (non-hydrogen) atoms. The van der Waals surface area contributed by atoms with Gasteiger partial charge in [-0.3, -0.25) is 4.79 Å². The standard InChI is InChI=1S/C23H20ClN5O2S/c1-12-3-6-18-16(7-12)26-23(31-18)29-13-4-5-14(29)11-28(10-13)20-15(9-25)22(30)27(2)17-8-19(24)32-21(17)20/h3,6-8,13-14H,4-5,10-11H2,1-2H3/t13-,14+. The number of pyridine rings is 1. The molecular formula is C23H20ClN5O2S. The number of thiophene rings is 1. The van der Waals surface area contributed by atoms with Crippen LogP contribution in [0.25, 0.3) is 21.3 Å². The van der Waals surface area contributed by atoms with E-state index in [1.54, 1.807) is 13.1 Å². The second-order valence-corrected chi connectivity index (χ2v) is 10.3. The summed E-state index contributed by atoms with van der Waals surface area (Å²) >= 11 is 7.73. The molecule has 2 saturated heterocycles. The fourth-order valence-electron chi connectivity index (χ4n) is 5.20. The third kappa shape index (κ3) is 2.78. The van der Waals surface area contributed by atoms with Crippen molar-refractivity contribution in [3.05, 3.63) is 50.1 Å². The summed E-state index contributed by atoms with van der Waals surface area (Å²) in [6, 6.07) is 11.1. The van der Waals surface area contributed by atoms with E-state index in [0.717, 1.165) is 39.7 Å². The molecule has 0 radical (unpaired) electrons. The van der Waals surface area contributed by atoms with Crippen LogP contribution in [0.2, 0.25) is 4.34 Å². The molecule has 1 aromatic carbocycles. The minimum absolute atomic E-state index is 0.184. The van der Waals surface area contributed by atoms with Crippen molar-refractivity contribution in [1.82, 2.24) is 9.55 Å². The highest BCUT2D eigenvalue weighted by atomic mass is 35.5. The van der Waals surface area contributed by atoms with E-state index in [1.807, 2.05) is 25.1 Å². The minimum Gasteiger partial charge on any atom is -0.423 e. The highest BCUT2D eigenvalue weighted by molar-refractivity contribution is 7.23. The SMILES string of the molecule is Cc1ccc2oc(N3[C@@H]4CC[C@H]3CN(c3c(C#N)c(=O)n(C)c5cc(Cl)sc35)C4)nc2c1. The molecule has 0 aliphatic carbocycles. The average Bonchev–Trinajstić information content (AvgIpc) is 3.43. The van der Waals surface area contributed by atoms with Crippen molar-refractivity contribution < 1.29 is 4.42 Å². The lowest BCUT2D eigenvalue weighted by atomic mass is 10.1. The van der Waals surface area contributed by atoms with E-state index >= 15 is 0 Å². The molecule has 2 fully saturated rings. The number of aryl methyl sites for hydroxylation is 2. The molecular weight excluding hydrogens is 446 g/mol. The van der Waals surface area contributed by atoms with Gasteiger partial charge in [-0.2, -0.15) is 10.2 Å². The molecule has 0 spiro atoms. The molecule has 0 saturated carbocycles. The molecule has 2 aliphatic heterocycles. The largest absolute Gasteiger partial charge is 0.423 e. The van der Waals surface area contributed by atoms with E-state index in [1.165, 1.54) is 15.9 Å². The number of nitriles is 1. The van der Waals surface area contributed by atoms with Crippen molar-refractivity contribution in [3.63, 3.8) is 0 Å². The lowest BCUT2D eigenvalue weighted by Crippen LogP contribution is -2.54. The van der Waals surface area contributed by atoms with Gasteiger partial charge < -0.3 is 18.8 Å². The maximum atomic E-state index is 12.9. The molecule has 5 heterocycles. The van der Waals surface area contributed by atoms with Gasteiger partial charge in [-0.15, -0.1) is 11.3 Å². The van der Waals surface area contributed by atoms with Crippen LogP contribution in [-0.4, -0.2) is 34.7 Å².